The van der Waals surface area contributed by atoms with Gasteiger partial charge in [0.05, 0.1) is 6.04 Å². The van der Waals surface area contributed by atoms with E-state index < -0.39 is 0 Å². The number of rotatable bonds is 8. The summed E-state index contributed by atoms with van der Waals surface area (Å²) in [4.78, 5) is 11.7. The second kappa shape index (κ2) is 8.57. The van der Waals surface area contributed by atoms with Gasteiger partial charge in [-0.1, -0.05) is 26.7 Å². The van der Waals surface area contributed by atoms with E-state index in [0.29, 0.717) is 6.04 Å². The predicted molar refractivity (Wildman–Crippen MR) is 69.5 cm³/mol. The van der Waals surface area contributed by atoms with Crippen molar-refractivity contribution in [2.45, 2.75) is 78.4 Å². The van der Waals surface area contributed by atoms with Gasteiger partial charge in [-0.25, -0.2) is 0 Å². The van der Waals surface area contributed by atoms with Crippen LogP contribution in [0, 0.1) is 0 Å². The summed E-state index contributed by atoms with van der Waals surface area (Å²) in [6, 6.07) is 0.588. The summed E-state index contributed by atoms with van der Waals surface area (Å²) in [6.07, 6.45) is 4.68. The van der Waals surface area contributed by atoms with Gasteiger partial charge in [-0.2, -0.15) is 0 Å². The summed E-state index contributed by atoms with van der Waals surface area (Å²) in [5.41, 5.74) is 0. The Balaban J connectivity index is 3.98. The van der Waals surface area contributed by atoms with E-state index in [4.69, 9.17) is 0 Å². The van der Waals surface area contributed by atoms with Gasteiger partial charge in [0.2, 0.25) is 5.91 Å². The SMILES string of the molecule is CCCCC(CC)NC(C)C(=O)NC(C)C. The van der Waals surface area contributed by atoms with Crippen molar-refractivity contribution in [2.75, 3.05) is 0 Å². The zero-order chi connectivity index (χ0) is 12.6. The first-order chi connectivity index (χ1) is 7.51. The molecule has 0 aliphatic rings. The van der Waals surface area contributed by atoms with E-state index in [-0.39, 0.29) is 18.0 Å². The monoisotopic (exact) mass is 228 g/mol. The zero-order valence-corrected chi connectivity index (χ0v) is 11.5. The van der Waals surface area contributed by atoms with Crippen molar-refractivity contribution in [1.82, 2.24) is 10.6 Å². The van der Waals surface area contributed by atoms with Gasteiger partial charge in [-0.3, -0.25) is 4.79 Å². The Bertz CT molecular complexity index is 192. The maximum atomic E-state index is 11.7. The molecule has 0 radical (unpaired) electrons. The molecule has 0 aromatic carbocycles. The molecule has 0 rings (SSSR count). The Morgan fingerprint density at radius 2 is 1.81 bits per heavy atom. The second-order valence-electron chi connectivity index (χ2n) is 4.80. The van der Waals surface area contributed by atoms with E-state index in [0.717, 1.165) is 12.8 Å². The van der Waals surface area contributed by atoms with Crippen LogP contribution in [0.15, 0.2) is 0 Å². The van der Waals surface area contributed by atoms with Gasteiger partial charge in [0.1, 0.15) is 0 Å². The van der Waals surface area contributed by atoms with Gasteiger partial charge in [0.15, 0.2) is 0 Å². The molecule has 0 aromatic rings. The van der Waals surface area contributed by atoms with Gasteiger partial charge in [0, 0.05) is 12.1 Å². The minimum atomic E-state index is -0.0933. The molecule has 96 valence electrons. The van der Waals surface area contributed by atoms with E-state index >= 15 is 0 Å². The number of carbonyl (C=O) groups is 1. The summed E-state index contributed by atoms with van der Waals surface area (Å²) in [7, 11) is 0. The van der Waals surface area contributed by atoms with Crippen molar-refractivity contribution in [3.8, 4) is 0 Å². The second-order valence-corrected chi connectivity index (χ2v) is 4.80. The molecule has 0 aliphatic heterocycles. The van der Waals surface area contributed by atoms with Crippen molar-refractivity contribution in [3.05, 3.63) is 0 Å². The lowest BCUT2D eigenvalue weighted by Gasteiger charge is -2.22. The first-order valence-electron chi connectivity index (χ1n) is 6.57. The lowest BCUT2D eigenvalue weighted by molar-refractivity contribution is -0.123. The summed E-state index contributed by atoms with van der Waals surface area (Å²) >= 11 is 0. The first kappa shape index (κ1) is 15.4. The maximum absolute atomic E-state index is 11.7. The van der Waals surface area contributed by atoms with Crippen LogP contribution in [-0.2, 0) is 4.79 Å². The van der Waals surface area contributed by atoms with Gasteiger partial charge >= 0.3 is 0 Å². The Morgan fingerprint density at radius 1 is 1.19 bits per heavy atom. The third kappa shape index (κ3) is 6.83. The number of hydrogen-bond donors (Lipinski definition) is 2. The molecule has 0 aliphatic carbocycles. The predicted octanol–water partition coefficient (Wildman–Crippen LogP) is 2.46. The molecule has 1 amide bonds. The van der Waals surface area contributed by atoms with E-state index in [1.807, 2.05) is 20.8 Å². The summed E-state index contributed by atoms with van der Waals surface area (Å²) in [5, 5.41) is 6.32. The number of carbonyl (C=O) groups excluding carboxylic acids is 1. The van der Waals surface area contributed by atoms with Crippen LogP contribution < -0.4 is 10.6 Å². The Morgan fingerprint density at radius 3 is 2.25 bits per heavy atom. The fraction of sp³-hybridized carbons (Fsp3) is 0.923. The molecule has 0 aromatic heterocycles. The van der Waals surface area contributed by atoms with Crippen LogP contribution in [0.4, 0.5) is 0 Å². The molecule has 0 heterocycles. The van der Waals surface area contributed by atoms with Gasteiger partial charge in [-0.15, -0.1) is 0 Å². The smallest absolute Gasteiger partial charge is 0.237 e. The number of unbranched alkanes of at least 4 members (excludes halogenated alkanes) is 1. The largest absolute Gasteiger partial charge is 0.353 e. The van der Waals surface area contributed by atoms with Gasteiger partial charge in [-0.05, 0) is 33.6 Å². The molecule has 0 spiro atoms. The Kier molecular flexibility index (Phi) is 8.26. The quantitative estimate of drug-likeness (QED) is 0.670. The van der Waals surface area contributed by atoms with Crippen LogP contribution in [0.1, 0.15) is 60.3 Å². The Labute approximate surface area is 100 Å². The topological polar surface area (TPSA) is 41.1 Å². The minimum Gasteiger partial charge on any atom is -0.353 e. The molecule has 0 bridgehead atoms. The molecule has 16 heavy (non-hydrogen) atoms. The van der Waals surface area contributed by atoms with Crippen LogP contribution in [0.3, 0.4) is 0 Å². The van der Waals surface area contributed by atoms with E-state index in [2.05, 4.69) is 24.5 Å². The average Bonchev–Trinajstić information content (AvgIpc) is 2.22. The molecular formula is C13H28N2O. The van der Waals surface area contributed by atoms with Crippen molar-refractivity contribution in [3.63, 3.8) is 0 Å². The summed E-state index contributed by atoms with van der Waals surface area (Å²) in [6.45, 7) is 10.3. The van der Waals surface area contributed by atoms with Crippen molar-refractivity contribution in [2.24, 2.45) is 0 Å². The van der Waals surface area contributed by atoms with Crippen LogP contribution in [0.25, 0.3) is 0 Å². The van der Waals surface area contributed by atoms with Crippen molar-refractivity contribution < 1.29 is 4.79 Å². The van der Waals surface area contributed by atoms with Gasteiger partial charge < -0.3 is 10.6 Å². The van der Waals surface area contributed by atoms with Gasteiger partial charge in [0.25, 0.3) is 0 Å². The van der Waals surface area contributed by atoms with Crippen molar-refractivity contribution >= 4 is 5.91 Å². The lowest BCUT2D eigenvalue weighted by Crippen LogP contribution is -2.48. The van der Waals surface area contributed by atoms with E-state index in [1.165, 1.54) is 12.8 Å². The standard InChI is InChI=1S/C13H28N2O/c1-6-8-9-12(7-2)15-11(5)13(16)14-10(3)4/h10-12,15H,6-9H2,1-5H3,(H,14,16). The molecule has 2 N–H and O–H groups in total. The van der Waals surface area contributed by atoms with Crippen molar-refractivity contribution in [1.29, 1.82) is 0 Å². The zero-order valence-electron chi connectivity index (χ0n) is 11.5. The molecule has 2 atom stereocenters. The highest BCUT2D eigenvalue weighted by molar-refractivity contribution is 5.81. The third-order valence-corrected chi connectivity index (χ3v) is 2.71. The highest BCUT2D eigenvalue weighted by Gasteiger charge is 2.16. The lowest BCUT2D eigenvalue weighted by atomic mass is 10.1. The summed E-state index contributed by atoms with van der Waals surface area (Å²) in [5.74, 6) is 0.102. The highest BCUT2D eigenvalue weighted by atomic mass is 16.2. The first-order valence-corrected chi connectivity index (χ1v) is 6.57. The fourth-order valence-electron chi connectivity index (χ4n) is 1.69. The number of hydrogen-bond acceptors (Lipinski definition) is 2. The molecule has 0 fully saturated rings. The molecule has 3 nitrogen and oxygen atoms in total. The normalized spacial score (nSPS) is 14.9. The third-order valence-electron chi connectivity index (χ3n) is 2.71. The molecule has 0 saturated carbocycles. The van der Waals surface area contributed by atoms with E-state index in [1.54, 1.807) is 0 Å². The molecule has 2 unspecified atom stereocenters. The molecule has 3 heteroatoms. The van der Waals surface area contributed by atoms with Crippen LogP contribution in [0.5, 0.6) is 0 Å². The van der Waals surface area contributed by atoms with Crippen LogP contribution >= 0.6 is 0 Å². The molecule has 0 saturated heterocycles. The molecular weight excluding hydrogens is 200 g/mol. The minimum absolute atomic E-state index is 0.0933. The van der Waals surface area contributed by atoms with E-state index in [9.17, 15) is 4.79 Å². The number of nitrogens with one attached hydrogen (secondary N) is 2. The van der Waals surface area contributed by atoms with Crippen LogP contribution in [0.2, 0.25) is 0 Å². The fourth-order valence-corrected chi connectivity index (χ4v) is 1.69. The Hall–Kier alpha value is -0.570. The summed E-state index contributed by atoms with van der Waals surface area (Å²) < 4.78 is 0. The maximum Gasteiger partial charge on any atom is 0.237 e. The highest BCUT2D eigenvalue weighted by Crippen LogP contribution is 2.05. The average molecular weight is 228 g/mol. The number of amides is 1. The van der Waals surface area contributed by atoms with Crippen LogP contribution in [-0.4, -0.2) is 24.0 Å².